The number of carbonyl (C=O) groups is 1. The minimum Gasteiger partial charge on any atom is -0.460 e. The molecule has 0 aromatic rings. The highest BCUT2D eigenvalue weighted by molar-refractivity contribution is 5.74. The number of ether oxygens (including phenoxy) is 3. The number of hydrogen-bond acceptors (Lipinski definition) is 4. The molecule has 1 aliphatic heterocycles. The highest BCUT2D eigenvalue weighted by Crippen LogP contribution is 2.47. The molecule has 0 radical (unpaired) electrons. The van der Waals surface area contributed by atoms with Crippen LogP contribution in [0.15, 0.2) is 0 Å². The van der Waals surface area contributed by atoms with Crippen LogP contribution in [0.4, 0.5) is 0 Å². The van der Waals surface area contributed by atoms with Crippen LogP contribution in [-0.2, 0) is 19.0 Å². The van der Waals surface area contributed by atoms with Gasteiger partial charge in [-0.2, -0.15) is 0 Å². The third-order valence-electron chi connectivity index (χ3n) is 4.50. The van der Waals surface area contributed by atoms with Gasteiger partial charge in [0, 0.05) is 0 Å². The maximum absolute atomic E-state index is 12.1. The smallest absolute Gasteiger partial charge is 0.310 e. The van der Waals surface area contributed by atoms with E-state index in [0.29, 0.717) is 11.8 Å². The number of carbonyl (C=O) groups excluding carboxylic acids is 1. The maximum Gasteiger partial charge on any atom is 0.310 e. The fourth-order valence-electron chi connectivity index (χ4n) is 3.66. The minimum absolute atomic E-state index is 0.0645. The van der Waals surface area contributed by atoms with Crippen LogP contribution >= 0.6 is 0 Å². The molecular formula is C17H30O4. The second-order valence-corrected chi connectivity index (χ2v) is 7.31. The first-order chi connectivity index (χ1) is 9.97. The van der Waals surface area contributed by atoms with Gasteiger partial charge < -0.3 is 14.2 Å². The molecule has 1 heterocycles. The second kappa shape index (κ2) is 7.59. The van der Waals surface area contributed by atoms with Crippen molar-refractivity contribution in [2.24, 2.45) is 17.8 Å². The van der Waals surface area contributed by atoms with Crippen molar-refractivity contribution in [3.8, 4) is 0 Å². The Kier molecular flexibility index (Phi) is 6.06. The number of rotatable bonds is 1. The van der Waals surface area contributed by atoms with Crippen LogP contribution in [0.25, 0.3) is 0 Å². The molecule has 0 aromatic heterocycles. The number of esters is 1. The second-order valence-electron chi connectivity index (χ2n) is 7.31. The van der Waals surface area contributed by atoms with E-state index in [9.17, 15) is 4.79 Å². The van der Waals surface area contributed by atoms with Crippen molar-refractivity contribution in [1.29, 1.82) is 0 Å². The maximum atomic E-state index is 12.1. The van der Waals surface area contributed by atoms with Crippen LogP contribution in [-0.4, -0.2) is 38.0 Å². The molecule has 2 atom stereocenters. The van der Waals surface area contributed by atoms with Gasteiger partial charge in [-0.3, -0.25) is 4.79 Å². The zero-order valence-corrected chi connectivity index (χ0v) is 13.7. The van der Waals surface area contributed by atoms with Gasteiger partial charge in [0.25, 0.3) is 0 Å². The molecule has 3 aliphatic rings. The highest BCUT2D eigenvalue weighted by atomic mass is 16.6. The Morgan fingerprint density at radius 3 is 1.76 bits per heavy atom. The Hall–Kier alpha value is -0.610. The van der Waals surface area contributed by atoms with Crippen molar-refractivity contribution in [1.82, 2.24) is 0 Å². The van der Waals surface area contributed by atoms with Crippen LogP contribution in [0.5, 0.6) is 0 Å². The van der Waals surface area contributed by atoms with Crippen molar-refractivity contribution in [2.45, 2.75) is 58.5 Å². The van der Waals surface area contributed by atoms with E-state index in [1.165, 1.54) is 32.1 Å². The summed E-state index contributed by atoms with van der Waals surface area (Å²) in [5.74, 6) is 1.53. The van der Waals surface area contributed by atoms with Crippen molar-refractivity contribution in [2.75, 3.05) is 26.4 Å². The molecule has 0 amide bonds. The summed E-state index contributed by atoms with van der Waals surface area (Å²) in [5, 5.41) is 0. The summed E-state index contributed by atoms with van der Waals surface area (Å²) >= 11 is 0. The molecule has 3 rings (SSSR count). The van der Waals surface area contributed by atoms with Gasteiger partial charge in [0.15, 0.2) is 0 Å². The average molecular weight is 298 g/mol. The summed E-state index contributed by atoms with van der Waals surface area (Å²) in [7, 11) is 0. The van der Waals surface area contributed by atoms with Crippen LogP contribution in [0.2, 0.25) is 0 Å². The fourth-order valence-corrected chi connectivity index (χ4v) is 3.66. The van der Waals surface area contributed by atoms with Gasteiger partial charge in [-0.05, 0) is 58.3 Å². The first-order valence-electron chi connectivity index (χ1n) is 8.36. The van der Waals surface area contributed by atoms with E-state index < -0.39 is 0 Å². The van der Waals surface area contributed by atoms with Gasteiger partial charge in [-0.15, -0.1) is 0 Å². The van der Waals surface area contributed by atoms with Gasteiger partial charge in [-0.25, -0.2) is 0 Å². The van der Waals surface area contributed by atoms with E-state index in [1.54, 1.807) is 0 Å². The molecular weight excluding hydrogens is 268 g/mol. The average Bonchev–Trinajstić information content (AvgIpc) is 2.70. The van der Waals surface area contributed by atoms with Gasteiger partial charge in [0.05, 0.1) is 32.3 Å². The third-order valence-corrected chi connectivity index (χ3v) is 4.50. The molecule has 0 spiro atoms. The van der Waals surface area contributed by atoms with Crippen molar-refractivity contribution in [3.05, 3.63) is 0 Å². The van der Waals surface area contributed by atoms with Crippen molar-refractivity contribution < 1.29 is 19.0 Å². The van der Waals surface area contributed by atoms with E-state index in [4.69, 9.17) is 14.2 Å². The predicted molar refractivity (Wildman–Crippen MR) is 81.0 cm³/mol. The molecule has 3 fully saturated rings. The van der Waals surface area contributed by atoms with Crippen molar-refractivity contribution in [3.63, 3.8) is 0 Å². The SMILES string of the molecule is C1COCCO1.CC(C)(C)OC(=O)C1C2CCCC1CC2. The lowest BCUT2D eigenvalue weighted by molar-refractivity contribution is -0.164. The first-order valence-corrected chi connectivity index (χ1v) is 8.36. The van der Waals surface area contributed by atoms with E-state index in [-0.39, 0.29) is 17.5 Å². The first kappa shape index (κ1) is 16.8. The Bertz CT molecular complexity index is 303. The molecule has 122 valence electrons. The van der Waals surface area contributed by atoms with Gasteiger partial charge >= 0.3 is 5.97 Å². The summed E-state index contributed by atoms with van der Waals surface area (Å²) in [6, 6.07) is 0. The van der Waals surface area contributed by atoms with Crippen LogP contribution in [0, 0.1) is 17.8 Å². The molecule has 4 nitrogen and oxygen atoms in total. The van der Waals surface area contributed by atoms with E-state index in [0.717, 1.165) is 26.4 Å². The largest absolute Gasteiger partial charge is 0.460 e. The standard InChI is InChI=1S/C13H22O2.C4H8O2/c1-13(2,3)15-12(14)11-9-5-4-6-10(11)8-7-9;1-2-6-4-3-5-1/h9-11H,4-8H2,1-3H3;1-4H2. The molecule has 0 aromatic carbocycles. The van der Waals surface area contributed by atoms with Crippen LogP contribution in [0.3, 0.4) is 0 Å². The van der Waals surface area contributed by atoms with Gasteiger partial charge in [-0.1, -0.05) is 6.42 Å². The summed E-state index contributed by atoms with van der Waals surface area (Å²) in [6.45, 7) is 8.97. The summed E-state index contributed by atoms with van der Waals surface area (Å²) in [4.78, 5) is 12.1. The molecule has 4 heteroatoms. The van der Waals surface area contributed by atoms with E-state index in [1.807, 2.05) is 20.8 Å². The molecule has 2 unspecified atom stereocenters. The summed E-state index contributed by atoms with van der Waals surface area (Å²) in [6.07, 6.45) is 6.28. The molecule has 0 N–H and O–H groups in total. The third kappa shape index (κ3) is 5.26. The lowest BCUT2D eigenvalue weighted by Gasteiger charge is -2.31. The monoisotopic (exact) mass is 298 g/mol. The summed E-state index contributed by atoms with van der Waals surface area (Å²) < 4.78 is 15.4. The van der Waals surface area contributed by atoms with Gasteiger partial charge in [0.1, 0.15) is 5.60 Å². The van der Waals surface area contributed by atoms with Crippen LogP contribution in [0.1, 0.15) is 52.9 Å². The fraction of sp³-hybridized carbons (Fsp3) is 0.941. The Labute approximate surface area is 128 Å². The lowest BCUT2D eigenvalue weighted by Crippen LogP contribution is -2.35. The van der Waals surface area contributed by atoms with E-state index in [2.05, 4.69) is 0 Å². The molecule has 2 bridgehead atoms. The molecule has 2 saturated carbocycles. The normalized spacial score (nSPS) is 32.0. The molecule has 21 heavy (non-hydrogen) atoms. The topological polar surface area (TPSA) is 44.8 Å². The van der Waals surface area contributed by atoms with Crippen molar-refractivity contribution >= 4 is 5.97 Å². The zero-order chi connectivity index (χ0) is 15.3. The molecule has 2 aliphatic carbocycles. The summed E-state index contributed by atoms with van der Waals surface area (Å²) in [5.41, 5.74) is -0.325. The molecule has 1 saturated heterocycles. The quantitative estimate of drug-likeness (QED) is 0.697. The predicted octanol–water partition coefficient (Wildman–Crippen LogP) is 3.19. The Morgan fingerprint density at radius 2 is 1.38 bits per heavy atom. The van der Waals surface area contributed by atoms with Gasteiger partial charge in [0.2, 0.25) is 0 Å². The lowest BCUT2D eigenvalue weighted by atomic mass is 9.78. The minimum atomic E-state index is -0.325. The highest BCUT2D eigenvalue weighted by Gasteiger charge is 2.44. The number of fused-ring (bicyclic) bond motifs is 2. The Balaban J connectivity index is 0.000000225. The van der Waals surface area contributed by atoms with Crippen LogP contribution < -0.4 is 0 Å². The number of hydrogen-bond donors (Lipinski definition) is 0. The van der Waals surface area contributed by atoms with E-state index >= 15 is 0 Å². The zero-order valence-electron chi connectivity index (χ0n) is 13.7. The Morgan fingerprint density at radius 1 is 0.905 bits per heavy atom.